The molecule has 0 spiro atoms. The van der Waals surface area contributed by atoms with Gasteiger partial charge in [0.25, 0.3) is 10.1 Å². The monoisotopic (exact) mass is 244 g/mol. The predicted octanol–water partition coefficient (Wildman–Crippen LogP) is 2.23. The summed E-state index contributed by atoms with van der Waals surface area (Å²) in [6.45, 7) is 1.08. The molecular weight excluding hydrogens is 231 g/mol. The molecule has 0 aromatic heterocycles. The Morgan fingerprint density at radius 3 is 2.44 bits per heavy atom. The Kier molecular flexibility index (Phi) is 4.64. The van der Waals surface area contributed by atoms with Crippen molar-refractivity contribution in [2.45, 2.75) is 11.8 Å². The number of aryl methyl sites for hydroxylation is 1. The van der Waals surface area contributed by atoms with E-state index in [1.165, 1.54) is 24.3 Å². The number of allylic oxidation sites excluding steroid dienone is 1. The van der Waals surface area contributed by atoms with Crippen LogP contribution in [0.5, 0.6) is 0 Å². The molecule has 0 fully saturated rings. The fourth-order valence-corrected chi connectivity index (χ4v) is 1.90. The van der Waals surface area contributed by atoms with Crippen LogP contribution < -0.4 is 0 Å². The van der Waals surface area contributed by atoms with Crippen LogP contribution in [0.1, 0.15) is 5.56 Å². The zero-order valence-electron chi connectivity index (χ0n) is 8.89. The van der Waals surface area contributed by atoms with Crippen LogP contribution in [0.4, 0.5) is 4.39 Å². The molecule has 0 aliphatic rings. The average molecular weight is 244 g/mol. The molecule has 0 heterocycles. The first-order valence-electron chi connectivity index (χ1n) is 4.73. The molecule has 0 saturated carbocycles. The van der Waals surface area contributed by atoms with Crippen molar-refractivity contribution in [1.82, 2.24) is 0 Å². The first kappa shape index (κ1) is 12.9. The minimum Gasteiger partial charge on any atom is -0.262 e. The van der Waals surface area contributed by atoms with Crippen LogP contribution in [0.2, 0.25) is 0 Å². The summed E-state index contributed by atoms with van der Waals surface area (Å²) in [6.07, 6.45) is 2.52. The third-order valence-corrected chi connectivity index (χ3v) is 3.18. The average Bonchev–Trinajstić information content (AvgIpc) is 2.25. The number of rotatable bonds is 5. The Morgan fingerprint density at radius 1 is 1.25 bits per heavy atom. The molecule has 0 N–H and O–H groups in total. The molecule has 0 aliphatic carbocycles. The van der Waals surface area contributed by atoms with E-state index in [0.29, 0.717) is 0 Å². The lowest BCUT2D eigenvalue weighted by atomic mass is 10.2. The number of benzene rings is 1. The number of hydrogen-bond acceptors (Lipinski definition) is 3. The fourth-order valence-electron chi connectivity index (χ4n) is 1.03. The number of halogens is 1. The summed E-state index contributed by atoms with van der Waals surface area (Å²) in [5.74, 6) is 0. The van der Waals surface area contributed by atoms with Crippen molar-refractivity contribution >= 4 is 10.1 Å². The molecule has 3 nitrogen and oxygen atoms in total. The maximum Gasteiger partial charge on any atom is 0.297 e. The van der Waals surface area contributed by atoms with Crippen molar-refractivity contribution in [2.75, 3.05) is 13.3 Å². The van der Waals surface area contributed by atoms with Crippen molar-refractivity contribution in [3.8, 4) is 0 Å². The van der Waals surface area contributed by atoms with Crippen molar-refractivity contribution in [2.24, 2.45) is 0 Å². The standard InChI is InChI=1S/C11H13FO3S/c1-10-4-6-11(7-5-10)16(13,14)15-9-3-2-8-12/h2-7H,8-9H2,1H3/b3-2+. The molecule has 0 saturated heterocycles. The van der Waals surface area contributed by atoms with Gasteiger partial charge in [0.05, 0.1) is 11.5 Å². The van der Waals surface area contributed by atoms with Crippen LogP contribution >= 0.6 is 0 Å². The van der Waals surface area contributed by atoms with E-state index in [-0.39, 0.29) is 11.5 Å². The Hall–Kier alpha value is -1.20. The van der Waals surface area contributed by atoms with Gasteiger partial charge in [0, 0.05) is 0 Å². The first-order chi connectivity index (χ1) is 7.56. The Balaban J connectivity index is 2.71. The van der Waals surface area contributed by atoms with Gasteiger partial charge in [0.1, 0.15) is 6.67 Å². The second kappa shape index (κ2) is 5.77. The van der Waals surface area contributed by atoms with Gasteiger partial charge in [0.2, 0.25) is 0 Å². The lowest BCUT2D eigenvalue weighted by molar-refractivity contribution is 0.356. The maximum absolute atomic E-state index is 11.7. The van der Waals surface area contributed by atoms with Crippen LogP contribution in [0.25, 0.3) is 0 Å². The van der Waals surface area contributed by atoms with E-state index in [2.05, 4.69) is 4.18 Å². The molecule has 0 amide bonds. The maximum atomic E-state index is 11.7. The van der Waals surface area contributed by atoms with Crippen LogP contribution in [-0.2, 0) is 14.3 Å². The Labute approximate surface area is 94.7 Å². The van der Waals surface area contributed by atoms with Crippen molar-refractivity contribution < 1.29 is 17.0 Å². The topological polar surface area (TPSA) is 43.4 Å². The molecule has 1 rings (SSSR count). The van der Waals surface area contributed by atoms with Crippen molar-refractivity contribution in [3.05, 3.63) is 42.0 Å². The molecule has 0 radical (unpaired) electrons. The summed E-state index contributed by atoms with van der Waals surface area (Å²) in [4.78, 5) is 0.103. The van der Waals surface area contributed by atoms with E-state index < -0.39 is 16.8 Å². The number of alkyl halides is 1. The molecule has 0 atom stereocenters. The van der Waals surface area contributed by atoms with Crippen LogP contribution in [-0.4, -0.2) is 21.7 Å². The van der Waals surface area contributed by atoms with Crippen LogP contribution in [0.3, 0.4) is 0 Å². The highest BCUT2D eigenvalue weighted by Gasteiger charge is 2.13. The third-order valence-electron chi connectivity index (χ3n) is 1.88. The van der Waals surface area contributed by atoms with Crippen LogP contribution in [0.15, 0.2) is 41.3 Å². The quantitative estimate of drug-likeness (QED) is 0.589. The highest BCUT2D eigenvalue weighted by atomic mass is 32.2. The second-order valence-electron chi connectivity index (χ2n) is 3.18. The summed E-state index contributed by atoms with van der Waals surface area (Å²) in [5.41, 5.74) is 0.969. The van der Waals surface area contributed by atoms with Gasteiger partial charge in [-0.25, -0.2) is 4.39 Å². The molecule has 16 heavy (non-hydrogen) atoms. The van der Waals surface area contributed by atoms with E-state index >= 15 is 0 Å². The summed E-state index contributed by atoms with van der Waals surface area (Å²) in [5, 5.41) is 0. The highest BCUT2D eigenvalue weighted by Crippen LogP contribution is 2.12. The second-order valence-corrected chi connectivity index (χ2v) is 4.79. The molecule has 1 aromatic rings. The molecule has 0 bridgehead atoms. The SMILES string of the molecule is Cc1ccc(S(=O)(=O)OC/C=C/CF)cc1. The number of hydrogen-bond donors (Lipinski definition) is 0. The lowest BCUT2D eigenvalue weighted by Gasteiger charge is -2.03. The normalized spacial score (nSPS) is 12.1. The third kappa shape index (κ3) is 3.75. The van der Waals surface area contributed by atoms with E-state index in [4.69, 9.17) is 0 Å². The van der Waals surface area contributed by atoms with Gasteiger partial charge < -0.3 is 0 Å². The van der Waals surface area contributed by atoms with Gasteiger partial charge >= 0.3 is 0 Å². The van der Waals surface area contributed by atoms with Crippen molar-refractivity contribution in [3.63, 3.8) is 0 Å². The van der Waals surface area contributed by atoms with E-state index in [1.54, 1.807) is 12.1 Å². The van der Waals surface area contributed by atoms with Crippen LogP contribution in [0, 0.1) is 6.92 Å². The van der Waals surface area contributed by atoms with Gasteiger partial charge in [-0.15, -0.1) is 0 Å². The zero-order valence-corrected chi connectivity index (χ0v) is 9.71. The first-order valence-corrected chi connectivity index (χ1v) is 6.14. The zero-order chi connectivity index (χ0) is 12.0. The van der Waals surface area contributed by atoms with Gasteiger partial charge in [0.15, 0.2) is 0 Å². The van der Waals surface area contributed by atoms with Gasteiger partial charge in [-0.2, -0.15) is 8.42 Å². The molecule has 0 unspecified atom stereocenters. The molecule has 0 aliphatic heterocycles. The molecular formula is C11H13FO3S. The molecule has 1 aromatic carbocycles. The smallest absolute Gasteiger partial charge is 0.262 e. The summed E-state index contributed by atoms with van der Waals surface area (Å²) < 4.78 is 39.5. The molecule has 5 heteroatoms. The van der Waals surface area contributed by atoms with Gasteiger partial charge in [-0.1, -0.05) is 29.8 Å². The van der Waals surface area contributed by atoms with E-state index in [0.717, 1.165) is 5.56 Å². The van der Waals surface area contributed by atoms with Gasteiger partial charge in [-0.05, 0) is 19.1 Å². The minimum atomic E-state index is -3.73. The summed E-state index contributed by atoms with van der Waals surface area (Å²) >= 11 is 0. The van der Waals surface area contributed by atoms with E-state index in [1.807, 2.05) is 6.92 Å². The Bertz CT molecular complexity index is 449. The molecule has 88 valence electrons. The summed E-state index contributed by atoms with van der Waals surface area (Å²) in [6, 6.07) is 6.33. The van der Waals surface area contributed by atoms with E-state index in [9.17, 15) is 12.8 Å². The minimum absolute atomic E-state index is 0.103. The highest BCUT2D eigenvalue weighted by molar-refractivity contribution is 7.86. The fraction of sp³-hybridized carbons (Fsp3) is 0.273. The van der Waals surface area contributed by atoms with Crippen molar-refractivity contribution in [1.29, 1.82) is 0 Å². The summed E-state index contributed by atoms with van der Waals surface area (Å²) in [7, 11) is -3.73. The Morgan fingerprint density at radius 2 is 1.88 bits per heavy atom. The predicted molar refractivity (Wildman–Crippen MR) is 59.4 cm³/mol. The lowest BCUT2D eigenvalue weighted by Crippen LogP contribution is -2.06. The largest absolute Gasteiger partial charge is 0.297 e. The van der Waals surface area contributed by atoms with Gasteiger partial charge in [-0.3, -0.25) is 4.18 Å².